The van der Waals surface area contributed by atoms with Crippen LogP contribution >= 0.6 is 11.6 Å². The molecule has 23 heavy (non-hydrogen) atoms. The van der Waals surface area contributed by atoms with E-state index in [1.807, 2.05) is 24.3 Å². The van der Waals surface area contributed by atoms with Crippen molar-refractivity contribution in [3.05, 3.63) is 53.6 Å². The van der Waals surface area contributed by atoms with Gasteiger partial charge in [-0.05, 0) is 48.5 Å². The Morgan fingerprint density at radius 1 is 1.00 bits per heavy atom. The van der Waals surface area contributed by atoms with E-state index in [0.717, 1.165) is 11.4 Å². The van der Waals surface area contributed by atoms with Crippen LogP contribution in [-0.2, 0) is 9.53 Å². The first-order valence-electron chi connectivity index (χ1n) is 7.18. The fourth-order valence-corrected chi connectivity index (χ4v) is 1.96. The molecule has 0 aromatic heterocycles. The molecule has 0 heterocycles. The highest BCUT2D eigenvalue weighted by Gasteiger charge is 2.02. The molecule has 2 rings (SSSR count). The number of rotatable bonds is 8. The zero-order valence-corrected chi connectivity index (χ0v) is 13.6. The summed E-state index contributed by atoms with van der Waals surface area (Å²) in [4.78, 5) is 11.9. The Morgan fingerprint density at radius 2 is 1.65 bits per heavy atom. The number of hydrogen-bond donors (Lipinski definition) is 2. The zero-order chi connectivity index (χ0) is 16.5. The third kappa shape index (κ3) is 6.18. The summed E-state index contributed by atoms with van der Waals surface area (Å²) in [6.07, 6.45) is 0. The Balaban J connectivity index is 1.76. The van der Waals surface area contributed by atoms with Crippen molar-refractivity contribution in [2.24, 2.45) is 0 Å². The smallest absolute Gasteiger partial charge is 0.243 e. The first kappa shape index (κ1) is 17.1. The summed E-state index contributed by atoms with van der Waals surface area (Å²) in [6.45, 7) is 1.23. The molecule has 6 heteroatoms. The highest BCUT2D eigenvalue weighted by Crippen LogP contribution is 2.16. The van der Waals surface area contributed by atoms with Gasteiger partial charge in [0.15, 0.2) is 0 Å². The number of hydrogen-bond acceptors (Lipinski definition) is 4. The van der Waals surface area contributed by atoms with E-state index in [0.29, 0.717) is 23.9 Å². The van der Waals surface area contributed by atoms with Gasteiger partial charge in [-0.25, -0.2) is 0 Å². The van der Waals surface area contributed by atoms with Gasteiger partial charge in [-0.1, -0.05) is 11.6 Å². The first-order chi connectivity index (χ1) is 11.2. The summed E-state index contributed by atoms with van der Waals surface area (Å²) < 4.78 is 10.4. The summed E-state index contributed by atoms with van der Waals surface area (Å²) in [5.41, 5.74) is 1.55. The highest BCUT2D eigenvalue weighted by atomic mass is 35.5. The normalized spacial score (nSPS) is 10.2. The average molecular weight is 335 g/mol. The van der Waals surface area contributed by atoms with Crippen molar-refractivity contribution >= 4 is 28.9 Å². The molecule has 0 fully saturated rings. The topological polar surface area (TPSA) is 59.6 Å². The van der Waals surface area contributed by atoms with Gasteiger partial charge in [-0.2, -0.15) is 0 Å². The molecule has 0 aliphatic carbocycles. The lowest BCUT2D eigenvalue weighted by Gasteiger charge is -2.09. The average Bonchev–Trinajstić information content (AvgIpc) is 2.56. The minimum absolute atomic E-state index is 0.132. The van der Waals surface area contributed by atoms with Crippen LogP contribution in [0, 0.1) is 0 Å². The van der Waals surface area contributed by atoms with Crippen LogP contribution in [0.5, 0.6) is 5.75 Å². The van der Waals surface area contributed by atoms with E-state index in [9.17, 15) is 4.79 Å². The Labute approximate surface area is 140 Å². The fraction of sp³-hybridized carbons (Fsp3) is 0.235. The zero-order valence-electron chi connectivity index (χ0n) is 12.8. The highest BCUT2D eigenvalue weighted by molar-refractivity contribution is 6.30. The van der Waals surface area contributed by atoms with Crippen LogP contribution in [-0.4, -0.2) is 32.8 Å². The van der Waals surface area contributed by atoms with Crippen molar-refractivity contribution in [1.29, 1.82) is 0 Å². The fourth-order valence-electron chi connectivity index (χ4n) is 1.83. The van der Waals surface area contributed by atoms with Crippen molar-refractivity contribution < 1.29 is 14.3 Å². The standard InChI is InChI=1S/C17H19ClN2O3/c1-22-10-11-23-16-8-6-14(7-9-16)19-12-17(21)20-15-4-2-13(18)3-5-15/h2-9,19H,10-12H2,1H3,(H,20,21). The molecule has 2 aromatic rings. The first-order valence-corrected chi connectivity index (χ1v) is 7.56. The molecular weight excluding hydrogens is 316 g/mol. The minimum atomic E-state index is -0.132. The maximum Gasteiger partial charge on any atom is 0.243 e. The second-order valence-corrected chi connectivity index (χ2v) is 5.21. The van der Waals surface area contributed by atoms with Gasteiger partial charge >= 0.3 is 0 Å². The predicted molar refractivity (Wildman–Crippen MR) is 92.4 cm³/mol. The molecule has 0 aliphatic heterocycles. The largest absolute Gasteiger partial charge is 0.491 e. The van der Waals surface area contributed by atoms with Gasteiger partial charge in [0.25, 0.3) is 0 Å². The maximum absolute atomic E-state index is 11.9. The van der Waals surface area contributed by atoms with Crippen molar-refractivity contribution in [3.63, 3.8) is 0 Å². The number of methoxy groups -OCH3 is 1. The monoisotopic (exact) mass is 334 g/mol. The van der Waals surface area contributed by atoms with Crippen molar-refractivity contribution in [1.82, 2.24) is 0 Å². The van der Waals surface area contributed by atoms with Gasteiger partial charge in [0.1, 0.15) is 12.4 Å². The SMILES string of the molecule is COCCOc1ccc(NCC(=O)Nc2ccc(Cl)cc2)cc1. The lowest BCUT2D eigenvalue weighted by Crippen LogP contribution is -2.21. The molecule has 1 amide bonds. The molecule has 5 nitrogen and oxygen atoms in total. The van der Waals surface area contributed by atoms with E-state index in [1.165, 1.54) is 0 Å². The summed E-state index contributed by atoms with van der Waals surface area (Å²) in [5.74, 6) is 0.631. The van der Waals surface area contributed by atoms with Crippen LogP contribution in [0.15, 0.2) is 48.5 Å². The maximum atomic E-state index is 11.9. The van der Waals surface area contributed by atoms with Gasteiger partial charge in [0.05, 0.1) is 13.2 Å². The molecule has 0 spiro atoms. The van der Waals surface area contributed by atoms with E-state index >= 15 is 0 Å². The Morgan fingerprint density at radius 3 is 2.30 bits per heavy atom. The summed E-state index contributed by atoms with van der Waals surface area (Å²) in [5, 5.41) is 6.47. The van der Waals surface area contributed by atoms with Gasteiger partial charge in [-0.3, -0.25) is 4.79 Å². The predicted octanol–water partition coefficient (Wildman–Crippen LogP) is 3.42. The molecule has 0 aliphatic rings. The number of amides is 1. The molecule has 0 saturated carbocycles. The van der Waals surface area contributed by atoms with E-state index in [4.69, 9.17) is 21.1 Å². The number of ether oxygens (including phenoxy) is 2. The Hall–Kier alpha value is -2.24. The van der Waals surface area contributed by atoms with Crippen LogP contribution in [0.25, 0.3) is 0 Å². The second-order valence-electron chi connectivity index (χ2n) is 4.77. The number of benzene rings is 2. The number of halogens is 1. The summed E-state index contributed by atoms with van der Waals surface area (Å²) in [7, 11) is 1.63. The molecule has 122 valence electrons. The molecule has 0 atom stereocenters. The van der Waals surface area contributed by atoms with Crippen LogP contribution in [0.4, 0.5) is 11.4 Å². The number of anilines is 2. The van der Waals surface area contributed by atoms with E-state index < -0.39 is 0 Å². The Kier molecular flexibility index (Phi) is 6.72. The summed E-state index contributed by atoms with van der Waals surface area (Å²) >= 11 is 5.80. The van der Waals surface area contributed by atoms with Gasteiger partial charge in [0.2, 0.25) is 5.91 Å². The lowest BCUT2D eigenvalue weighted by molar-refractivity contribution is -0.114. The minimum Gasteiger partial charge on any atom is -0.491 e. The van der Waals surface area contributed by atoms with Gasteiger partial charge in [0, 0.05) is 23.5 Å². The second kappa shape index (κ2) is 9.02. The van der Waals surface area contributed by atoms with Crippen LogP contribution < -0.4 is 15.4 Å². The van der Waals surface area contributed by atoms with Crippen LogP contribution in [0.3, 0.4) is 0 Å². The quantitative estimate of drug-likeness (QED) is 0.726. The molecule has 0 radical (unpaired) electrons. The van der Waals surface area contributed by atoms with Crippen molar-refractivity contribution in [3.8, 4) is 5.75 Å². The number of carbonyl (C=O) groups is 1. The number of nitrogens with one attached hydrogen (secondary N) is 2. The molecule has 0 saturated heterocycles. The third-order valence-corrected chi connectivity index (χ3v) is 3.24. The van der Waals surface area contributed by atoms with Crippen molar-refractivity contribution in [2.75, 3.05) is 37.5 Å². The molecule has 0 bridgehead atoms. The Bertz CT molecular complexity index is 615. The molecule has 2 N–H and O–H groups in total. The van der Waals surface area contributed by atoms with Crippen molar-refractivity contribution in [2.45, 2.75) is 0 Å². The van der Waals surface area contributed by atoms with Gasteiger partial charge < -0.3 is 20.1 Å². The van der Waals surface area contributed by atoms with E-state index in [1.54, 1.807) is 31.4 Å². The third-order valence-electron chi connectivity index (χ3n) is 2.99. The van der Waals surface area contributed by atoms with Gasteiger partial charge in [-0.15, -0.1) is 0 Å². The van der Waals surface area contributed by atoms with E-state index in [-0.39, 0.29) is 12.5 Å². The molecular formula is C17H19ClN2O3. The van der Waals surface area contributed by atoms with Crippen LogP contribution in [0.2, 0.25) is 5.02 Å². The van der Waals surface area contributed by atoms with Crippen LogP contribution in [0.1, 0.15) is 0 Å². The molecule has 2 aromatic carbocycles. The van der Waals surface area contributed by atoms with E-state index in [2.05, 4.69) is 10.6 Å². The lowest BCUT2D eigenvalue weighted by atomic mass is 10.3. The summed E-state index contributed by atoms with van der Waals surface area (Å²) in [6, 6.07) is 14.4. The number of carbonyl (C=O) groups excluding carboxylic acids is 1. The molecule has 0 unspecified atom stereocenters.